The summed E-state index contributed by atoms with van der Waals surface area (Å²) >= 11 is 0. The van der Waals surface area contributed by atoms with Crippen molar-refractivity contribution in [1.29, 1.82) is 0 Å². The van der Waals surface area contributed by atoms with Gasteiger partial charge in [0.15, 0.2) is 11.5 Å². The van der Waals surface area contributed by atoms with Gasteiger partial charge in [-0.2, -0.15) is 8.78 Å². The van der Waals surface area contributed by atoms with Gasteiger partial charge in [0.05, 0.1) is 36.7 Å². The molecule has 1 heterocycles. The summed E-state index contributed by atoms with van der Waals surface area (Å²) in [5, 5.41) is 13.9. The second-order valence-electron chi connectivity index (χ2n) is 6.30. The predicted octanol–water partition coefficient (Wildman–Crippen LogP) is 3.43. The number of carbonyl (C=O) groups is 2. The summed E-state index contributed by atoms with van der Waals surface area (Å²) in [4.78, 5) is 39.7. The number of carbonyl (C=O) groups excluding carboxylic acids is 2. The van der Waals surface area contributed by atoms with Crippen molar-refractivity contribution in [3.05, 3.63) is 70.3 Å². The number of aromatic nitrogens is 2. The molecular weight excluding hydrogens is 446 g/mol. The lowest BCUT2D eigenvalue weighted by molar-refractivity contribution is -0.384. The fourth-order valence-electron chi connectivity index (χ4n) is 2.92. The molecule has 2 aromatic carbocycles. The molecule has 0 aliphatic carbocycles. The molecule has 3 aromatic rings. The number of anilines is 1. The van der Waals surface area contributed by atoms with Crippen LogP contribution >= 0.6 is 0 Å². The molecule has 0 aliphatic heterocycles. The summed E-state index contributed by atoms with van der Waals surface area (Å²) in [7, 11) is 2.26. The van der Waals surface area contributed by atoms with Crippen molar-refractivity contribution >= 4 is 23.3 Å². The van der Waals surface area contributed by atoms with Crippen molar-refractivity contribution < 1.29 is 37.5 Å². The second kappa shape index (κ2) is 9.72. The number of amides is 1. The minimum absolute atomic E-state index is 0.131. The van der Waals surface area contributed by atoms with E-state index < -0.39 is 29.2 Å². The fraction of sp³-hybridized carbons (Fsp3) is 0.150. The summed E-state index contributed by atoms with van der Waals surface area (Å²) in [5.74, 6) is -2.40. The van der Waals surface area contributed by atoms with E-state index in [1.807, 2.05) is 0 Å². The average molecular weight is 462 g/mol. The molecule has 0 aliphatic rings. The normalized spacial score (nSPS) is 10.6. The number of nitrogens with one attached hydrogen (secondary N) is 1. The van der Waals surface area contributed by atoms with Crippen LogP contribution in [0.5, 0.6) is 11.5 Å². The van der Waals surface area contributed by atoms with Crippen molar-refractivity contribution in [2.24, 2.45) is 0 Å². The maximum Gasteiger partial charge on any atom is 0.387 e. The Balaban J connectivity index is 2.01. The van der Waals surface area contributed by atoms with Crippen molar-refractivity contribution in [3.63, 3.8) is 0 Å². The lowest BCUT2D eigenvalue weighted by Crippen LogP contribution is -2.17. The number of hydrogen-bond donors (Lipinski definition) is 1. The molecule has 172 valence electrons. The van der Waals surface area contributed by atoms with E-state index >= 15 is 0 Å². The Hall–Kier alpha value is -4.55. The standard InChI is InChI=1S/C20H16F2N4O7/c1-31-16-8-12(19(28)32-2)13(9-17(16)33-20(21)22)24-18(27)11-3-4-14(15(7-11)26(29)30)25-6-5-23-10-25/h3-10,20H,1-2H3,(H,24,27). The van der Waals surface area contributed by atoms with Crippen molar-refractivity contribution in [3.8, 4) is 17.2 Å². The highest BCUT2D eigenvalue weighted by molar-refractivity contribution is 6.08. The zero-order chi connectivity index (χ0) is 24.1. The van der Waals surface area contributed by atoms with Gasteiger partial charge < -0.3 is 24.1 Å². The summed E-state index contributed by atoms with van der Waals surface area (Å²) in [6, 6.07) is 5.71. The van der Waals surface area contributed by atoms with Crippen LogP contribution in [0.2, 0.25) is 0 Å². The molecule has 0 radical (unpaired) electrons. The van der Waals surface area contributed by atoms with Crippen LogP contribution in [0.1, 0.15) is 20.7 Å². The fourth-order valence-corrected chi connectivity index (χ4v) is 2.92. The number of halogens is 2. The predicted molar refractivity (Wildman–Crippen MR) is 109 cm³/mol. The smallest absolute Gasteiger partial charge is 0.387 e. The molecule has 0 bridgehead atoms. The van der Waals surface area contributed by atoms with Crippen LogP contribution < -0.4 is 14.8 Å². The Kier molecular flexibility index (Phi) is 6.81. The highest BCUT2D eigenvalue weighted by Crippen LogP contribution is 2.35. The van der Waals surface area contributed by atoms with Gasteiger partial charge >= 0.3 is 12.6 Å². The summed E-state index contributed by atoms with van der Waals surface area (Å²) in [6.07, 6.45) is 4.28. The molecule has 0 atom stereocenters. The Morgan fingerprint density at radius 2 is 1.94 bits per heavy atom. The number of benzene rings is 2. The summed E-state index contributed by atoms with van der Waals surface area (Å²) < 4.78 is 40.9. The Labute approximate surface area is 184 Å². The molecule has 1 N–H and O–H groups in total. The van der Waals surface area contributed by atoms with E-state index in [0.717, 1.165) is 25.3 Å². The number of nitro benzene ring substituents is 1. The Morgan fingerprint density at radius 1 is 1.18 bits per heavy atom. The number of nitrogens with zero attached hydrogens (tertiary/aromatic N) is 3. The van der Waals surface area contributed by atoms with Gasteiger partial charge in [-0.25, -0.2) is 9.78 Å². The first-order valence-electron chi connectivity index (χ1n) is 9.08. The van der Waals surface area contributed by atoms with E-state index in [1.165, 1.54) is 42.5 Å². The zero-order valence-corrected chi connectivity index (χ0v) is 17.2. The van der Waals surface area contributed by atoms with Crippen molar-refractivity contribution in [2.45, 2.75) is 6.61 Å². The topological polar surface area (TPSA) is 135 Å². The number of hydrogen-bond acceptors (Lipinski definition) is 8. The van der Waals surface area contributed by atoms with Crippen LogP contribution in [0.15, 0.2) is 49.1 Å². The van der Waals surface area contributed by atoms with Gasteiger partial charge in [-0.3, -0.25) is 14.9 Å². The number of rotatable bonds is 8. The van der Waals surface area contributed by atoms with E-state index in [2.05, 4.69) is 19.8 Å². The van der Waals surface area contributed by atoms with Gasteiger partial charge in [0.2, 0.25) is 0 Å². The van der Waals surface area contributed by atoms with Crippen LogP contribution in [0, 0.1) is 10.1 Å². The summed E-state index contributed by atoms with van der Waals surface area (Å²) in [5.41, 5.74) is -0.793. The third kappa shape index (κ3) is 5.03. The van der Waals surface area contributed by atoms with Gasteiger partial charge in [0, 0.05) is 36.2 Å². The van der Waals surface area contributed by atoms with Gasteiger partial charge in [-0.1, -0.05) is 0 Å². The minimum Gasteiger partial charge on any atom is -0.493 e. The number of nitro groups is 1. The van der Waals surface area contributed by atoms with Crippen molar-refractivity contribution in [1.82, 2.24) is 9.55 Å². The van der Waals surface area contributed by atoms with Crippen molar-refractivity contribution in [2.75, 3.05) is 19.5 Å². The van der Waals surface area contributed by atoms with Crippen LogP contribution in [0.4, 0.5) is 20.2 Å². The minimum atomic E-state index is -3.20. The molecule has 0 spiro atoms. The molecule has 33 heavy (non-hydrogen) atoms. The first-order valence-corrected chi connectivity index (χ1v) is 9.08. The summed E-state index contributed by atoms with van der Waals surface area (Å²) in [6.45, 7) is -3.20. The maximum absolute atomic E-state index is 12.8. The molecule has 1 amide bonds. The largest absolute Gasteiger partial charge is 0.493 e. The zero-order valence-electron chi connectivity index (χ0n) is 17.2. The molecule has 0 fully saturated rings. The van der Waals surface area contributed by atoms with Crippen LogP contribution in [-0.2, 0) is 4.74 Å². The highest BCUT2D eigenvalue weighted by atomic mass is 19.3. The number of imidazole rings is 1. The first kappa shape index (κ1) is 23.1. The van der Waals surface area contributed by atoms with Crippen LogP contribution in [-0.4, -0.2) is 47.2 Å². The maximum atomic E-state index is 12.8. The van der Waals surface area contributed by atoms with E-state index in [9.17, 15) is 28.5 Å². The molecule has 0 saturated heterocycles. The lowest BCUT2D eigenvalue weighted by Gasteiger charge is -2.16. The third-order valence-electron chi connectivity index (χ3n) is 4.39. The number of methoxy groups -OCH3 is 2. The monoisotopic (exact) mass is 462 g/mol. The quantitative estimate of drug-likeness (QED) is 0.306. The first-order chi connectivity index (χ1) is 15.7. The van der Waals surface area contributed by atoms with E-state index in [-0.39, 0.29) is 33.9 Å². The van der Waals surface area contributed by atoms with E-state index in [4.69, 9.17) is 4.74 Å². The number of ether oxygens (including phenoxy) is 3. The number of alkyl halides is 2. The molecule has 3 rings (SSSR count). The van der Waals surface area contributed by atoms with Gasteiger partial charge in [0.1, 0.15) is 5.69 Å². The van der Waals surface area contributed by atoms with Gasteiger partial charge in [0.25, 0.3) is 11.6 Å². The Morgan fingerprint density at radius 3 is 2.52 bits per heavy atom. The average Bonchev–Trinajstić information content (AvgIpc) is 3.32. The number of esters is 1. The Bertz CT molecular complexity index is 1200. The second-order valence-corrected chi connectivity index (χ2v) is 6.30. The van der Waals surface area contributed by atoms with E-state index in [1.54, 1.807) is 0 Å². The molecule has 1 aromatic heterocycles. The van der Waals surface area contributed by atoms with Gasteiger partial charge in [-0.05, 0) is 12.1 Å². The molecular formula is C20H16F2N4O7. The highest BCUT2D eigenvalue weighted by Gasteiger charge is 2.23. The van der Waals surface area contributed by atoms with E-state index in [0.29, 0.717) is 0 Å². The molecule has 11 nitrogen and oxygen atoms in total. The van der Waals surface area contributed by atoms with Crippen LogP contribution in [0.3, 0.4) is 0 Å². The molecule has 0 unspecified atom stereocenters. The molecule has 0 saturated carbocycles. The lowest BCUT2D eigenvalue weighted by atomic mass is 10.1. The van der Waals surface area contributed by atoms with Gasteiger partial charge in [-0.15, -0.1) is 0 Å². The van der Waals surface area contributed by atoms with Crippen LogP contribution in [0.25, 0.3) is 5.69 Å². The molecule has 13 heteroatoms. The third-order valence-corrected chi connectivity index (χ3v) is 4.39. The SMILES string of the molecule is COC(=O)c1cc(OC)c(OC(F)F)cc1NC(=O)c1ccc(-n2ccnc2)c([N+](=O)[O-])c1.